The van der Waals surface area contributed by atoms with Gasteiger partial charge in [0.2, 0.25) is 0 Å². The lowest BCUT2D eigenvalue weighted by Crippen LogP contribution is -2.37. The van der Waals surface area contributed by atoms with Crippen molar-refractivity contribution in [2.24, 2.45) is 0 Å². The van der Waals surface area contributed by atoms with Gasteiger partial charge in [0.15, 0.2) is 0 Å². The highest BCUT2D eigenvalue weighted by molar-refractivity contribution is 5.81. The maximum Gasteiger partial charge on any atom is 0.136 e. The molecule has 1 aliphatic heterocycles. The van der Waals surface area contributed by atoms with E-state index in [1.165, 1.54) is 11.1 Å². The molecule has 132 valence electrons. The lowest BCUT2D eigenvalue weighted by molar-refractivity contribution is -0.121. The summed E-state index contributed by atoms with van der Waals surface area (Å²) in [7, 11) is 0. The van der Waals surface area contributed by atoms with E-state index >= 15 is 0 Å². The van der Waals surface area contributed by atoms with Gasteiger partial charge in [-0.15, -0.1) is 0 Å². The van der Waals surface area contributed by atoms with Crippen LogP contribution in [0, 0.1) is 0 Å². The van der Waals surface area contributed by atoms with E-state index in [4.69, 9.17) is 0 Å². The zero-order chi connectivity index (χ0) is 18.0. The Kier molecular flexibility index (Phi) is 5.28. The Morgan fingerprint density at radius 2 is 1.32 bits per heavy atom. The third-order valence-electron chi connectivity index (χ3n) is 4.91. The number of pyridine rings is 2. The third-order valence-corrected chi connectivity index (χ3v) is 4.91. The van der Waals surface area contributed by atoms with Gasteiger partial charge >= 0.3 is 0 Å². The van der Waals surface area contributed by atoms with Crippen LogP contribution < -0.4 is 5.32 Å². The van der Waals surface area contributed by atoms with Crippen molar-refractivity contribution in [2.45, 2.75) is 64.5 Å². The number of aromatic nitrogens is 2. The van der Waals surface area contributed by atoms with Gasteiger partial charge in [0.05, 0.1) is 23.5 Å². The highest BCUT2D eigenvalue weighted by atomic mass is 16.1. The molecule has 1 aliphatic rings. The molecule has 3 heterocycles. The van der Waals surface area contributed by atoms with Crippen LogP contribution in [-0.2, 0) is 4.79 Å². The van der Waals surface area contributed by atoms with E-state index in [9.17, 15) is 4.79 Å². The summed E-state index contributed by atoms with van der Waals surface area (Å²) >= 11 is 0. The summed E-state index contributed by atoms with van der Waals surface area (Å²) in [5.41, 5.74) is 4.41. The highest BCUT2D eigenvalue weighted by Gasteiger charge is 2.32. The van der Waals surface area contributed by atoms with Crippen LogP contribution in [0.15, 0.2) is 36.7 Å². The van der Waals surface area contributed by atoms with Gasteiger partial charge in [-0.1, -0.05) is 39.8 Å². The minimum Gasteiger partial charge on any atom is -0.300 e. The molecule has 0 amide bonds. The van der Waals surface area contributed by atoms with Crippen LogP contribution in [0.2, 0.25) is 0 Å². The van der Waals surface area contributed by atoms with Crippen molar-refractivity contribution in [3.63, 3.8) is 0 Å². The molecule has 25 heavy (non-hydrogen) atoms. The molecule has 3 rings (SSSR count). The van der Waals surface area contributed by atoms with Gasteiger partial charge in [-0.25, -0.2) is 0 Å². The fourth-order valence-electron chi connectivity index (χ4n) is 3.67. The molecule has 0 aromatic carbocycles. The summed E-state index contributed by atoms with van der Waals surface area (Å²) in [5, 5.41) is 3.66. The number of carbonyl (C=O) groups is 1. The summed E-state index contributed by atoms with van der Waals surface area (Å²) in [6, 6.07) is 8.07. The smallest absolute Gasteiger partial charge is 0.136 e. The number of ketones is 1. The van der Waals surface area contributed by atoms with Crippen molar-refractivity contribution >= 4 is 5.78 Å². The van der Waals surface area contributed by atoms with Crippen LogP contribution in [0.25, 0.3) is 0 Å². The average Bonchev–Trinajstić information content (AvgIpc) is 2.61. The predicted molar refractivity (Wildman–Crippen MR) is 99.5 cm³/mol. The van der Waals surface area contributed by atoms with E-state index < -0.39 is 0 Å². The monoisotopic (exact) mass is 337 g/mol. The van der Waals surface area contributed by atoms with E-state index in [1.54, 1.807) is 0 Å². The number of carbonyl (C=O) groups excluding carboxylic acids is 1. The van der Waals surface area contributed by atoms with Crippen molar-refractivity contribution in [1.82, 2.24) is 15.3 Å². The van der Waals surface area contributed by atoms with Crippen LogP contribution >= 0.6 is 0 Å². The Bertz CT molecular complexity index is 693. The normalized spacial score (nSPS) is 21.1. The molecule has 4 heteroatoms. The van der Waals surface area contributed by atoms with Gasteiger partial charge in [0, 0.05) is 25.2 Å². The molecule has 0 bridgehead atoms. The Morgan fingerprint density at radius 1 is 0.880 bits per heavy atom. The number of nitrogens with one attached hydrogen (secondary N) is 1. The standard InChI is InChI=1S/C21H27N3O/c1-13(2)16-7-5-9-22-20(16)18-11-15(25)12-19(24-18)21-17(14(3)4)8-6-10-23-21/h5-10,13-14,18-19,24H,11-12H2,1-4H3/t18-,19+. The molecular weight excluding hydrogens is 310 g/mol. The number of Topliss-reactive ketones (excluding diaryl/α,β-unsaturated/α-hetero) is 1. The predicted octanol–water partition coefficient (Wildman–Crippen LogP) is 4.46. The molecule has 0 radical (unpaired) electrons. The molecule has 1 saturated heterocycles. The zero-order valence-corrected chi connectivity index (χ0v) is 15.5. The van der Waals surface area contributed by atoms with Gasteiger partial charge in [0.25, 0.3) is 0 Å². The maximum atomic E-state index is 12.5. The molecule has 0 saturated carbocycles. The molecule has 4 nitrogen and oxygen atoms in total. The lowest BCUT2D eigenvalue weighted by atomic mass is 9.87. The zero-order valence-electron chi connectivity index (χ0n) is 15.5. The van der Waals surface area contributed by atoms with Crippen LogP contribution in [0.5, 0.6) is 0 Å². The second-order valence-corrected chi connectivity index (χ2v) is 7.48. The molecular formula is C21H27N3O. The lowest BCUT2D eigenvalue weighted by Gasteiger charge is -2.32. The second kappa shape index (κ2) is 7.44. The number of piperidine rings is 1. The number of nitrogens with zero attached hydrogens (tertiary/aromatic N) is 2. The molecule has 2 aromatic rings. The Hall–Kier alpha value is -2.07. The molecule has 1 fully saturated rings. The summed E-state index contributed by atoms with van der Waals surface area (Å²) < 4.78 is 0. The number of hydrogen-bond acceptors (Lipinski definition) is 4. The summed E-state index contributed by atoms with van der Waals surface area (Å²) in [5.74, 6) is 1.03. The highest BCUT2D eigenvalue weighted by Crippen LogP contribution is 2.34. The topological polar surface area (TPSA) is 54.9 Å². The van der Waals surface area contributed by atoms with E-state index in [1.807, 2.05) is 24.5 Å². The van der Waals surface area contributed by atoms with E-state index in [0.29, 0.717) is 24.7 Å². The molecule has 2 atom stereocenters. The minimum absolute atomic E-state index is 0.0492. The Balaban J connectivity index is 1.95. The van der Waals surface area contributed by atoms with Gasteiger partial charge in [-0.05, 0) is 35.1 Å². The van der Waals surface area contributed by atoms with Crippen LogP contribution in [0.4, 0.5) is 0 Å². The molecule has 0 spiro atoms. The van der Waals surface area contributed by atoms with Crippen molar-refractivity contribution < 1.29 is 4.79 Å². The number of hydrogen-bond donors (Lipinski definition) is 1. The summed E-state index contributed by atoms with van der Waals surface area (Å²) in [4.78, 5) is 21.7. The summed E-state index contributed by atoms with van der Waals surface area (Å²) in [6.45, 7) is 8.66. The van der Waals surface area contributed by atoms with E-state index in [-0.39, 0.29) is 17.9 Å². The number of rotatable bonds is 4. The average molecular weight is 337 g/mol. The van der Waals surface area contributed by atoms with Crippen molar-refractivity contribution in [3.8, 4) is 0 Å². The molecule has 0 aliphatic carbocycles. The maximum absolute atomic E-state index is 12.5. The third kappa shape index (κ3) is 3.79. The first-order valence-electron chi connectivity index (χ1n) is 9.14. The van der Waals surface area contributed by atoms with Gasteiger partial charge in [-0.3, -0.25) is 20.1 Å². The Morgan fingerprint density at radius 3 is 1.72 bits per heavy atom. The van der Waals surface area contributed by atoms with Gasteiger partial charge in [0.1, 0.15) is 5.78 Å². The van der Waals surface area contributed by atoms with E-state index in [0.717, 1.165) is 11.4 Å². The van der Waals surface area contributed by atoms with Crippen LogP contribution in [0.1, 0.15) is 87.0 Å². The largest absolute Gasteiger partial charge is 0.300 e. The molecule has 2 aromatic heterocycles. The van der Waals surface area contributed by atoms with Gasteiger partial charge in [-0.2, -0.15) is 0 Å². The summed E-state index contributed by atoms with van der Waals surface area (Å²) in [6.07, 6.45) is 4.63. The minimum atomic E-state index is -0.0492. The van der Waals surface area contributed by atoms with Crippen molar-refractivity contribution in [1.29, 1.82) is 0 Å². The Labute approximate surface area is 150 Å². The quantitative estimate of drug-likeness (QED) is 0.895. The van der Waals surface area contributed by atoms with Crippen LogP contribution in [-0.4, -0.2) is 15.8 Å². The van der Waals surface area contributed by atoms with E-state index in [2.05, 4.69) is 55.1 Å². The molecule has 1 N–H and O–H groups in total. The fourth-order valence-corrected chi connectivity index (χ4v) is 3.67. The fraction of sp³-hybridized carbons (Fsp3) is 0.476. The van der Waals surface area contributed by atoms with Crippen LogP contribution in [0.3, 0.4) is 0 Å². The SMILES string of the molecule is CC(C)c1cccnc1[C@@H]1CC(=O)C[C@H](c2ncccc2C(C)C)N1. The first-order valence-corrected chi connectivity index (χ1v) is 9.14. The van der Waals surface area contributed by atoms with Crippen molar-refractivity contribution in [2.75, 3.05) is 0 Å². The molecule has 0 unspecified atom stereocenters. The second-order valence-electron chi connectivity index (χ2n) is 7.48. The van der Waals surface area contributed by atoms with Crippen molar-refractivity contribution in [3.05, 3.63) is 59.2 Å². The first-order chi connectivity index (χ1) is 12.0. The van der Waals surface area contributed by atoms with Gasteiger partial charge < -0.3 is 0 Å². The first kappa shape index (κ1) is 17.7.